The molecule has 118 valence electrons. The Morgan fingerprint density at radius 2 is 1.95 bits per heavy atom. The summed E-state index contributed by atoms with van der Waals surface area (Å²) in [6, 6.07) is 0. The molecule has 1 saturated carbocycles. The molecular formula is C14H23N3O3S. The molecule has 1 fully saturated rings. The van der Waals surface area contributed by atoms with Gasteiger partial charge in [0.05, 0.1) is 5.75 Å². The minimum atomic E-state index is -0.872. The first-order valence-corrected chi connectivity index (χ1v) is 8.50. The molecule has 1 aromatic heterocycles. The van der Waals surface area contributed by atoms with E-state index in [9.17, 15) is 9.90 Å². The molecule has 0 spiro atoms. The minimum absolute atomic E-state index is 0.0356. The van der Waals surface area contributed by atoms with E-state index in [1.807, 2.05) is 4.57 Å². The number of aliphatic hydroxyl groups excluding tert-OH is 1. The summed E-state index contributed by atoms with van der Waals surface area (Å²) in [7, 11) is 0. The third-order valence-electron chi connectivity index (χ3n) is 4.24. The number of aliphatic hydroxyl groups is 1. The summed E-state index contributed by atoms with van der Waals surface area (Å²) >= 11 is 1.16. The molecule has 0 amide bonds. The Kier molecular flexibility index (Phi) is 6.05. The second kappa shape index (κ2) is 7.79. The van der Waals surface area contributed by atoms with Gasteiger partial charge in [0.1, 0.15) is 6.61 Å². The number of thioether (sulfide) groups is 1. The second-order valence-corrected chi connectivity index (χ2v) is 6.59. The van der Waals surface area contributed by atoms with Crippen LogP contribution < -0.4 is 0 Å². The maximum Gasteiger partial charge on any atom is 0.313 e. The molecule has 6 nitrogen and oxygen atoms in total. The highest BCUT2D eigenvalue weighted by atomic mass is 32.2. The van der Waals surface area contributed by atoms with Crippen molar-refractivity contribution >= 4 is 17.7 Å². The van der Waals surface area contributed by atoms with Crippen LogP contribution in [0.1, 0.15) is 44.9 Å². The number of rotatable bonds is 7. The lowest BCUT2D eigenvalue weighted by molar-refractivity contribution is -0.133. The lowest BCUT2D eigenvalue weighted by atomic mass is 9.81. The van der Waals surface area contributed by atoms with E-state index in [1.165, 1.54) is 32.1 Å². The van der Waals surface area contributed by atoms with E-state index < -0.39 is 5.97 Å². The maximum absolute atomic E-state index is 10.7. The van der Waals surface area contributed by atoms with Crippen molar-refractivity contribution in [3.63, 3.8) is 0 Å². The van der Waals surface area contributed by atoms with Crippen LogP contribution in [0.3, 0.4) is 0 Å². The number of hydrogen-bond acceptors (Lipinski definition) is 5. The van der Waals surface area contributed by atoms with E-state index >= 15 is 0 Å². The Morgan fingerprint density at radius 3 is 2.52 bits per heavy atom. The Morgan fingerprint density at radius 1 is 1.29 bits per heavy atom. The predicted molar refractivity (Wildman–Crippen MR) is 80.0 cm³/mol. The Labute approximate surface area is 129 Å². The van der Waals surface area contributed by atoms with Crippen LogP contribution in [0.25, 0.3) is 0 Å². The van der Waals surface area contributed by atoms with Crippen LogP contribution in [-0.4, -0.2) is 36.7 Å². The Bertz CT molecular complexity index is 470. The van der Waals surface area contributed by atoms with E-state index in [0.29, 0.717) is 16.9 Å². The summed E-state index contributed by atoms with van der Waals surface area (Å²) in [6.45, 7) is 2.86. The fraction of sp³-hybridized carbons (Fsp3) is 0.786. The number of carboxylic acids is 1. The van der Waals surface area contributed by atoms with Gasteiger partial charge in [-0.1, -0.05) is 37.9 Å². The van der Waals surface area contributed by atoms with Gasteiger partial charge >= 0.3 is 5.97 Å². The van der Waals surface area contributed by atoms with Gasteiger partial charge in [0, 0.05) is 6.54 Å². The number of carbonyl (C=O) groups is 1. The zero-order chi connectivity index (χ0) is 15.2. The molecule has 0 bridgehead atoms. The van der Waals surface area contributed by atoms with Gasteiger partial charge in [-0.05, 0) is 24.7 Å². The molecule has 0 atom stereocenters. The van der Waals surface area contributed by atoms with Gasteiger partial charge in [-0.3, -0.25) is 4.79 Å². The van der Waals surface area contributed by atoms with Crippen LogP contribution in [0.2, 0.25) is 0 Å². The zero-order valence-corrected chi connectivity index (χ0v) is 13.2. The quantitative estimate of drug-likeness (QED) is 0.750. The minimum Gasteiger partial charge on any atom is -0.481 e. The smallest absolute Gasteiger partial charge is 0.313 e. The highest BCUT2D eigenvalue weighted by molar-refractivity contribution is 7.99. The van der Waals surface area contributed by atoms with Crippen molar-refractivity contribution in [2.45, 2.75) is 57.3 Å². The monoisotopic (exact) mass is 313 g/mol. The lowest BCUT2D eigenvalue weighted by Crippen LogP contribution is -2.20. The summed E-state index contributed by atoms with van der Waals surface area (Å²) in [4.78, 5) is 10.7. The maximum atomic E-state index is 10.7. The van der Waals surface area contributed by atoms with Crippen molar-refractivity contribution in [1.29, 1.82) is 0 Å². The molecule has 0 aliphatic heterocycles. The van der Waals surface area contributed by atoms with Crippen molar-refractivity contribution in [1.82, 2.24) is 14.8 Å². The molecule has 0 aromatic carbocycles. The fourth-order valence-electron chi connectivity index (χ4n) is 2.93. The number of nitrogens with zero attached hydrogens (tertiary/aromatic N) is 3. The van der Waals surface area contributed by atoms with Crippen molar-refractivity contribution < 1.29 is 15.0 Å². The fourth-order valence-corrected chi connectivity index (χ4v) is 3.62. The van der Waals surface area contributed by atoms with E-state index in [4.69, 9.17) is 5.11 Å². The highest BCUT2D eigenvalue weighted by Gasteiger charge is 2.23. The van der Waals surface area contributed by atoms with Crippen LogP contribution >= 0.6 is 11.8 Å². The first kappa shape index (κ1) is 16.3. The molecule has 1 heterocycles. The van der Waals surface area contributed by atoms with Crippen molar-refractivity contribution in [3.8, 4) is 0 Å². The SMILES string of the molecule is CCC1CCC(Cn2c(CO)nnc2SCC(=O)O)CC1. The molecular weight excluding hydrogens is 290 g/mol. The van der Waals surface area contributed by atoms with Gasteiger partial charge in [-0.15, -0.1) is 10.2 Å². The van der Waals surface area contributed by atoms with E-state index in [-0.39, 0.29) is 12.4 Å². The van der Waals surface area contributed by atoms with Crippen LogP contribution in [-0.2, 0) is 17.9 Å². The molecule has 1 aliphatic rings. The van der Waals surface area contributed by atoms with Crippen LogP contribution in [0.15, 0.2) is 5.16 Å². The zero-order valence-electron chi connectivity index (χ0n) is 12.4. The van der Waals surface area contributed by atoms with Gasteiger partial charge < -0.3 is 14.8 Å². The van der Waals surface area contributed by atoms with E-state index in [0.717, 1.165) is 24.2 Å². The summed E-state index contributed by atoms with van der Waals surface area (Å²) < 4.78 is 1.89. The molecule has 2 rings (SSSR count). The number of aliphatic carboxylic acids is 1. The van der Waals surface area contributed by atoms with Crippen LogP contribution in [0.5, 0.6) is 0 Å². The molecule has 21 heavy (non-hydrogen) atoms. The largest absolute Gasteiger partial charge is 0.481 e. The van der Waals surface area contributed by atoms with Gasteiger partial charge in [0.2, 0.25) is 0 Å². The van der Waals surface area contributed by atoms with Gasteiger partial charge in [-0.2, -0.15) is 0 Å². The van der Waals surface area contributed by atoms with E-state index in [1.54, 1.807) is 0 Å². The molecule has 0 saturated heterocycles. The van der Waals surface area contributed by atoms with E-state index in [2.05, 4.69) is 17.1 Å². The average Bonchev–Trinajstić information content (AvgIpc) is 2.88. The summed E-state index contributed by atoms with van der Waals surface area (Å²) in [5.41, 5.74) is 0. The molecule has 1 aromatic rings. The van der Waals surface area contributed by atoms with Gasteiger partial charge in [0.15, 0.2) is 11.0 Å². The number of hydrogen-bond donors (Lipinski definition) is 2. The van der Waals surface area contributed by atoms with Crippen LogP contribution in [0, 0.1) is 11.8 Å². The van der Waals surface area contributed by atoms with Crippen molar-refractivity contribution in [3.05, 3.63) is 5.82 Å². The molecule has 0 unspecified atom stereocenters. The summed E-state index contributed by atoms with van der Waals surface area (Å²) in [6.07, 6.45) is 6.14. The topological polar surface area (TPSA) is 88.2 Å². The highest BCUT2D eigenvalue weighted by Crippen LogP contribution is 2.32. The molecule has 0 radical (unpaired) electrons. The number of carboxylic acid groups (broad SMARTS) is 1. The van der Waals surface area contributed by atoms with Gasteiger partial charge in [-0.25, -0.2) is 0 Å². The Balaban J connectivity index is 2.00. The Hall–Kier alpha value is -1.08. The molecule has 1 aliphatic carbocycles. The first-order valence-electron chi connectivity index (χ1n) is 7.51. The third kappa shape index (κ3) is 4.44. The van der Waals surface area contributed by atoms with Crippen molar-refractivity contribution in [2.75, 3.05) is 5.75 Å². The standard InChI is InChI=1S/C14H23N3O3S/c1-2-10-3-5-11(6-4-10)7-17-12(8-18)15-16-14(17)21-9-13(19)20/h10-11,18H,2-9H2,1H3,(H,19,20). The number of aromatic nitrogens is 3. The molecule has 7 heteroatoms. The average molecular weight is 313 g/mol. The normalized spacial score (nSPS) is 22.4. The second-order valence-electron chi connectivity index (χ2n) is 5.64. The molecule has 2 N–H and O–H groups in total. The van der Waals surface area contributed by atoms with Crippen molar-refractivity contribution in [2.24, 2.45) is 11.8 Å². The summed E-state index contributed by atoms with van der Waals surface area (Å²) in [5.74, 6) is 1.04. The van der Waals surface area contributed by atoms with Crippen LogP contribution in [0.4, 0.5) is 0 Å². The third-order valence-corrected chi connectivity index (χ3v) is 5.20. The van der Waals surface area contributed by atoms with Gasteiger partial charge in [0.25, 0.3) is 0 Å². The lowest BCUT2D eigenvalue weighted by Gasteiger charge is -2.28. The summed E-state index contributed by atoms with van der Waals surface area (Å²) in [5, 5.41) is 26.7. The first-order chi connectivity index (χ1) is 10.1. The predicted octanol–water partition coefficient (Wildman–Crippen LogP) is 2.16.